The summed E-state index contributed by atoms with van der Waals surface area (Å²) < 4.78 is 11.5. The first-order valence-electron chi connectivity index (χ1n) is 8.44. The summed E-state index contributed by atoms with van der Waals surface area (Å²) in [5.41, 5.74) is 3.21. The van der Waals surface area contributed by atoms with Crippen molar-refractivity contribution in [1.29, 1.82) is 0 Å². The Kier molecular flexibility index (Phi) is 6.42. The standard InChI is InChI=1S/C20H25NO4/c1-5-19(22)21(23)20-16(8-7-9-18(20)24-6-2)13-25-17-11-10-14(3)12-15(17)4/h7-12,23H,5-6,13H2,1-4H3. The van der Waals surface area contributed by atoms with Gasteiger partial charge >= 0.3 is 0 Å². The number of benzene rings is 2. The van der Waals surface area contributed by atoms with Crippen LogP contribution in [0.2, 0.25) is 0 Å². The van der Waals surface area contributed by atoms with E-state index in [2.05, 4.69) is 0 Å². The van der Waals surface area contributed by atoms with Gasteiger partial charge in [-0.2, -0.15) is 5.06 Å². The lowest BCUT2D eigenvalue weighted by Gasteiger charge is -2.22. The number of carbonyl (C=O) groups excluding carboxylic acids is 1. The third-order valence-corrected chi connectivity index (χ3v) is 3.85. The van der Waals surface area contributed by atoms with E-state index in [1.54, 1.807) is 13.0 Å². The molecule has 0 heterocycles. The van der Waals surface area contributed by atoms with Gasteiger partial charge in [-0.05, 0) is 38.5 Å². The molecule has 0 aromatic heterocycles. The number of aryl methyl sites for hydroxylation is 2. The molecule has 0 saturated carbocycles. The molecule has 0 fully saturated rings. The predicted molar refractivity (Wildman–Crippen MR) is 97.4 cm³/mol. The van der Waals surface area contributed by atoms with E-state index in [9.17, 15) is 10.0 Å². The summed E-state index contributed by atoms with van der Waals surface area (Å²) in [4.78, 5) is 12.0. The fraction of sp³-hybridized carbons (Fsp3) is 0.350. The molecule has 0 bridgehead atoms. The van der Waals surface area contributed by atoms with Crippen molar-refractivity contribution in [2.45, 2.75) is 40.7 Å². The third kappa shape index (κ3) is 4.51. The number of rotatable bonds is 7. The van der Waals surface area contributed by atoms with Gasteiger partial charge in [-0.3, -0.25) is 10.0 Å². The Labute approximate surface area is 148 Å². The van der Waals surface area contributed by atoms with E-state index < -0.39 is 5.91 Å². The van der Waals surface area contributed by atoms with Gasteiger partial charge < -0.3 is 9.47 Å². The molecule has 1 N–H and O–H groups in total. The van der Waals surface area contributed by atoms with Crippen molar-refractivity contribution < 1.29 is 19.5 Å². The monoisotopic (exact) mass is 343 g/mol. The van der Waals surface area contributed by atoms with E-state index in [-0.39, 0.29) is 13.0 Å². The number of nitrogens with zero attached hydrogens (tertiary/aromatic N) is 1. The van der Waals surface area contributed by atoms with Crippen molar-refractivity contribution in [2.75, 3.05) is 11.7 Å². The largest absolute Gasteiger partial charge is 0.492 e. The highest BCUT2D eigenvalue weighted by Crippen LogP contribution is 2.33. The third-order valence-electron chi connectivity index (χ3n) is 3.85. The Balaban J connectivity index is 2.32. The van der Waals surface area contributed by atoms with Gasteiger partial charge in [0.05, 0.1) is 6.61 Å². The number of ether oxygens (including phenoxy) is 2. The van der Waals surface area contributed by atoms with Crippen LogP contribution in [0, 0.1) is 13.8 Å². The van der Waals surface area contributed by atoms with Crippen LogP contribution in [0.5, 0.6) is 11.5 Å². The molecule has 2 rings (SSSR count). The Morgan fingerprint density at radius 1 is 1.08 bits per heavy atom. The Bertz CT molecular complexity index is 742. The number of carbonyl (C=O) groups is 1. The van der Waals surface area contributed by atoms with Gasteiger partial charge in [0.2, 0.25) is 0 Å². The lowest BCUT2D eigenvalue weighted by atomic mass is 10.1. The molecule has 2 aromatic carbocycles. The molecule has 2 aromatic rings. The molecular weight excluding hydrogens is 318 g/mol. The van der Waals surface area contributed by atoms with E-state index in [1.165, 1.54) is 5.56 Å². The minimum atomic E-state index is -0.403. The predicted octanol–water partition coefficient (Wildman–Crippen LogP) is 4.41. The first-order chi connectivity index (χ1) is 12.0. The zero-order valence-corrected chi connectivity index (χ0v) is 15.2. The SMILES string of the molecule is CCOc1cccc(COc2ccc(C)cc2C)c1N(O)C(=O)CC. The maximum Gasteiger partial charge on any atom is 0.250 e. The Morgan fingerprint density at radius 2 is 1.84 bits per heavy atom. The van der Waals surface area contributed by atoms with Gasteiger partial charge in [0, 0.05) is 12.0 Å². The van der Waals surface area contributed by atoms with Crippen molar-refractivity contribution >= 4 is 11.6 Å². The quantitative estimate of drug-likeness (QED) is 0.597. The van der Waals surface area contributed by atoms with Gasteiger partial charge in [0.15, 0.2) is 0 Å². The van der Waals surface area contributed by atoms with Crippen LogP contribution < -0.4 is 14.5 Å². The summed E-state index contributed by atoms with van der Waals surface area (Å²) in [7, 11) is 0. The van der Waals surface area contributed by atoms with Crippen molar-refractivity contribution in [2.24, 2.45) is 0 Å². The molecule has 5 heteroatoms. The molecule has 1 amide bonds. The van der Waals surface area contributed by atoms with Crippen molar-refractivity contribution in [1.82, 2.24) is 0 Å². The van der Waals surface area contributed by atoms with Crippen LogP contribution in [0.1, 0.15) is 37.0 Å². The van der Waals surface area contributed by atoms with Crippen molar-refractivity contribution in [3.8, 4) is 11.5 Å². The van der Waals surface area contributed by atoms with Crippen LogP contribution in [-0.2, 0) is 11.4 Å². The lowest BCUT2D eigenvalue weighted by molar-refractivity contribution is -0.123. The van der Waals surface area contributed by atoms with E-state index in [4.69, 9.17) is 9.47 Å². The van der Waals surface area contributed by atoms with E-state index in [0.717, 1.165) is 11.3 Å². The molecule has 25 heavy (non-hydrogen) atoms. The molecule has 134 valence electrons. The van der Waals surface area contributed by atoms with Crippen LogP contribution in [0.25, 0.3) is 0 Å². The molecule has 0 radical (unpaired) electrons. The van der Waals surface area contributed by atoms with Gasteiger partial charge in [-0.15, -0.1) is 0 Å². The van der Waals surface area contributed by atoms with Gasteiger partial charge in [0.1, 0.15) is 23.8 Å². The molecular formula is C20H25NO4. The fourth-order valence-corrected chi connectivity index (χ4v) is 2.59. The first-order valence-corrected chi connectivity index (χ1v) is 8.44. The highest BCUT2D eigenvalue weighted by Gasteiger charge is 2.20. The highest BCUT2D eigenvalue weighted by atomic mass is 16.5. The summed E-state index contributed by atoms with van der Waals surface area (Å²) in [5, 5.41) is 11.0. The highest BCUT2D eigenvalue weighted by molar-refractivity contribution is 5.93. The maximum atomic E-state index is 12.0. The van der Waals surface area contributed by atoms with E-state index in [0.29, 0.717) is 28.7 Å². The van der Waals surface area contributed by atoms with Gasteiger partial charge in [-0.25, -0.2) is 0 Å². The zero-order chi connectivity index (χ0) is 18.4. The van der Waals surface area contributed by atoms with Gasteiger partial charge in [0.25, 0.3) is 5.91 Å². The molecule has 0 aliphatic heterocycles. The van der Waals surface area contributed by atoms with E-state index in [1.807, 2.05) is 51.1 Å². The lowest BCUT2D eigenvalue weighted by Crippen LogP contribution is -2.28. The first kappa shape index (κ1) is 18.8. The second-order valence-corrected chi connectivity index (χ2v) is 5.81. The molecule has 0 aliphatic carbocycles. The topological polar surface area (TPSA) is 59.0 Å². The van der Waals surface area contributed by atoms with Crippen molar-refractivity contribution in [3.63, 3.8) is 0 Å². The number of anilines is 1. The number of hydroxylamine groups is 1. The molecule has 0 spiro atoms. The second kappa shape index (κ2) is 8.53. The number of amides is 1. The fourth-order valence-electron chi connectivity index (χ4n) is 2.59. The molecule has 5 nitrogen and oxygen atoms in total. The van der Waals surface area contributed by atoms with Crippen LogP contribution in [-0.4, -0.2) is 17.7 Å². The average Bonchev–Trinajstić information content (AvgIpc) is 2.60. The van der Waals surface area contributed by atoms with Crippen LogP contribution in [0.3, 0.4) is 0 Å². The van der Waals surface area contributed by atoms with Crippen LogP contribution in [0.15, 0.2) is 36.4 Å². The molecule has 0 aliphatic rings. The maximum absolute atomic E-state index is 12.0. The molecule has 0 unspecified atom stereocenters. The molecule has 0 atom stereocenters. The van der Waals surface area contributed by atoms with Crippen LogP contribution >= 0.6 is 0 Å². The minimum Gasteiger partial charge on any atom is -0.492 e. The van der Waals surface area contributed by atoms with Crippen molar-refractivity contribution in [3.05, 3.63) is 53.1 Å². The number of para-hydroxylation sites is 1. The van der Waals surface area contributed by atoms with Crippen LogP contribution in [0.4, 0.5) is 5.69 Å². The summed E-state index contributed by atoms with van der Waals surface area (Å²) in [6, 6.07) is 11.3. The summed E-state index contributed by atoms with van der Waals surface area (Å²) >= 11 is 0. The summed E-state index contributed by atoms with van der Waals surface area (Å²) in [5.74, 6) is 0.818. The zero-order valence-electron chi connectivity index (χ0n) is 15.2. The minimum absolute atomic E-state index is 0.189. The Morgan fingerprint density at radius 3 is 2.48 bits per heavy atom. The smallest absolute Gasteiger partial charge is 0.250 e. The second-order valence-electron chi connectivity index (χ2n) is 5.81. The van der Waals surface area contributed by atoms with E-state index >= 15 is 0 Å². The molecule has 0 saturated heterocycles. The Hall–Kier alpha value is -2.53. The number of hydrogen-bond acceptors (Lipinski definition) is 4. The summed E-state index contributed by atoms with van der Waals surface area (Å²) in [6.07, 6.45) is 0.189. The summed E-state index contributed by atoms with van der Waals surface area (Å²) in [6.45, 7) is 8.21. The number of hydrogen-bond donors (Lipinski definition) is 1. The van der Waals surface area contributed by atoms with Gasteiger partial charge in [-0.1, -0.05) is 36.8 Å². The average molecular weight is 343 g/mol. The normalized spacial score (nSPS) is 10.4.